The second-order valence-corrected chi connectivity index (χ2v) is 5.46. The van der Waals surface area contributed by atoms with Crippen LogP contribution in [0.1, 0.15) is 5.56 Å². The van der Waals surface area contributed by atoms with Crippen LogP contribution in [0.25, 0.3) is 22.5 Å². The van der Waals surface area contributed by atoms with Gasteiger partial charge in [-0.2, -0.15) is 5.10 Å². The van der Waals surface area contributed by atoms with Gasteiger partial charge in [0.05, 0.1) is 11.4 Å². The Balaban J connectivity index is 1.97. The van der Waals surface area contributed by atoms with Gasteiger partial charge in [-0.3, -0.25) is 5.10 Å². The van der Waals surface area contributed by atoms with Gasteiger partial charge in [0.1, 0.15) is 0 Å². The summed E-state index contributed by atoms with van der Waals surface area (Å²) in [5.74, 6) is 0. The number of aryl methyl sites for hydroxylation is 1. The fourth-order valence-electron chi connectivity index (χ4n) is 2.00. The van der Waals surface area contributed by atoms with Crippen molar-refractivity contribution in [1.82, 2.24) is 10.2 Å². The minimum Gasteiger partial charge on any atom is -0.277 e. The van der Waals surface area contributed by atoms with Crippen LogP contribution in [0.5, 0.6) is 0 Å². The van der Waals surface area contributed by atoms with E-state index < -0.39 is 0 Å². The van der Waals surface area contributed by atoms with E-state index in [0.717, 1.165) is 27.0 Å². The highest BCUT2D eigenvalue weighted by Crippen LogP contribution is 2.25. The number of nitrogens with one attached hydrogen (secondary N) is 1. The van der Waals surface area contributed by atoms with Gasteiger partial charge in [-0.1, -0.05) is 57.9 Å². The Kier molecular flexibility index (Phi) is 3.22. The molecule has 1 N–H and O–H groups in total. The molecule has 94 valence electrons. The summed E-state index contributed by atoms with van der Waals surface area (Å²) in [5.41, 5.74) is 5.51. The van der Waals surface area contributed by atoms with Gasteiger partial charge >= 0.3 is 0 Å². The van der Waals surface area contributed by atoms with Crippen molar-refractivity contribution >= 4 is 15.9 Å². The molecular weight excluding hydrogens is 300 g/mol. The highest BCUT2D eigenvalue weighted by molar-refractivity contribution is 9.10. The summed E-state index contributed by atoms with van der Waals surface area (Å²) < 4.78 is 1.06. The lowest BCUT2D eigenvalue weighted by atomic mass is 10.1. The molecule has 0 atom stereocenters. The molecule has 0 saturated heterocycles. The zero-order valence-corrected chi connectivity index (χ0v) is 12.1. The van der Waals surface area contributed by atoms with E-state index >= 15 is 0 Å². The summed E-state index contributed by atoms with van der Waals surface area (Å²) in [4.78, 5) is 0. The van der Waals surface area contributed by atoms with Crippen molar-refractivity contribution < 1.29 is 0 Å². The molecule has 3 heteroatoms. The van der Waals surface area contributed by atoms with Crippen LogP contribution in [0.4, 0.5) is 0 Å². The second kappa shape index (κ2) is 5.02. The van der Waals surface area contributed by atoms with Crippen molar-refractivity contribution in [3.05, 3.63) is 64.6 Å². The van der Waals surface area contributed by atoms with E-state index in [4.69, 9.17) is 0 Å². The van der Waals surface area contributed by atoms with E-state index in [-0.39, 0.29) is 0 Å². The standard InChI is InChI=1S/C16H13BrN2/c1-11-5-7-12(8-6-11)15-10-16(19-18-15)13-3-2-4-14(17)9-13/h2-10H,1H3,(H,18,19). The van der Waals surface area contributed by atoms with Crippen LogP contribution >= 0.6 is 15.9 Å². The number of halogens is 1. The minimum atomic E-state index is 0.955. The van der Waals surface area contributed by atoms with E-state index in [9.17, 15) is 0 Å². The maximum absolute atomic E-state index is 4.38. The lowest BCUT2D eigenvalue weighted by molar-refractivity contribution is 1.10. The van der Waals surface area contributed by atoms with Crippen molar-refractivity contribution in [2.24, 2.45) is 0 Å². The van der Waals surface area contributed by atoms with Crippen LogP contribution in [0.15, 0.2) is 59.1 Å². The number of hydrogen-bond donors (Lipinski definition) is 1. The van der Waals surface area contributed by atoms with Crippen LogP contribution < -0.4 is 0 Å². The predicted octanol–water partition coefficient (Wildman–Crippen LogP) is 4.81. The van der Waals surface area contributed by atoms with Crippen molar-refractivity contribution in [2.75, 3.05) is 0 Å². The molecule has 2 aromatic carbocycles. The van der Waals surface area contributed by atoms with Gasteiger partial charge in [0.2, 0.25) is 0 Å². The molecule has 0 aliphatic heterocycles. The summed E-state index contributed by atoms with van der Waals surface area (Å²) in [7, 11) is 0. The number of hydrogen-bond acceptors (Lipinski definition) is 1. The molecule has 1 aromatic heterocycles. The first-order chi connectivity index (χ1) is 9.22. The van der Waals surface area contributed by atoms with Crippen LogP contribution in [0.2, 0.25) is 0 Å². The van der Waals surface area contributed by atoms with E-state index in [1.165, 1.54) is 5.56 Å². The lowest BCUT2D eigenvalue weighted by Gasteiger charge is -1.97. The van der Waals surface area contributed by atoms with Crippen molar-refractivity contribution in [3.8, 4) is 22.5 Å². The lowest BCUT2D eigenvalue weighted by Crippen LogP contribution is -1.78. The molecule has 2 nitrogen and oxygen atoms in total. The van der Waals surface area contributed by atoms with Gasteiger partial charge in [0, 0.05) is 10.0 Å². The van der Waals surface area contributed by atoms with Crippen molar-refractivity contribution in [1.29, 1.82) is 0 Å². The Morgan fingerprint density at radius 2 is 1.74 bits per heavy atom. The maximum atomic E-state index is 4.38. The highest BCUT2D eigenvalue weighted by Gasteiger charge is 2.05. The average Bonchev–Trinajstić information content (AvgIpc) is 2.89. The molecule has 1 heterocycles. The zero-order chi connectivity index (χ0) is 13.2. The largest absolute Gasteiger partial charge is 0.277 e. The third-order valence-electron chi connectivity index (χ3n) is 3.06. The molecule has 0 unspecified atom stereocenters. The number of nitrogens with zero attached hydrogens (tertiary/aromatic N) is 1. The summed E-state index contributed by atoms with van der Waals surface area (Å²) in [6.45, 7) is 2.09. The fraction of sp³-hybridized carbons (Fsp3) is 0.0625. The molecule has 0 spiro atoms. The minimum absolute atomic E-state index is 0.955. The van der Waals surface area contributed by atoms with Gasteiger partial charge in [-0.15, -0.1) is 0 Å². The van der Waals surface area contributed by atoms with E-state index in [2.05, 4.69) is 75.5 Å². The van der Waals surface area contributed by atoms with Gasteiger partial charge in [0.25, 0.3) is 0 Å². The van der Waals surface area contributed by atoms with Crippen LogP contribution in [0.3, 0.4) is 0 Å². The summed E-state index contributed by atoms with van der Waals surface area (Å²) in [5, 5.41) is 7.47. The van der Waals surface area contributed by atoms with Crippen LogP contribution in [-0.2, 0) is 0 Å². The smallest absolute Gasteiger partial charge is 0.0927 e. The molecule has 0 bridgehead atoms. The van der Waals surface area contributed by atoms with Crippen molar-refractivity contribution in [3.63, 3.8) is 0 Å². The molecular formula is C16H13BrN2. The summed E-state index contributed by atoms with van der Waals surface area (Å²) in [6.07, 6.45) is 0. The summed E-state index contributed by atoms with van der Waals surface area (Å²) in [6, 6.07) is 18.6. The number of benzene rings is 2. The quantitative estimate of drug-likeness (QED) is 0.722. The highest BCUT2D eigenvalue weighted by atomic mass is 79.9. The Hall–Kier alpha value is -1.87. The maximum Gasteiger partial charge on any atom is 0.0927 e. The monoisotopic (exact) mass is 312 g/mol. The van der Waals surface area contributed by atoms with E-state index in [0.29, 0.717) is 0 Å². The molecule has 3 aromatic rings. The van der Waals surface area contributed by atoms with Gasteiger partial charge in [0.15, 0.2) is 0 Å². The Labute approximate surface area is 120 Å². The normalized spacial score (nSPS) is 10.6. The molecule has 0 saturated carbocycles. The van der Waals surface area contributed by atoms with E-state index in [1.807, 2.05) is 12.1 Å². The number of H-pyrrole nitrogens is 1. The first-order valence-electron chi connectivity index (χ1n) is 6.11. The van der Waals surface area contributed by atoms with Gasteiger partial charge in [-0.05, 0) is 30.7 Å². The molecule has 19 heavy (non-hydrogen) atoms. The fourth-order valence-corrected chi connectivity index (χ4v) is 2.40. The molecule has 0 aliphatic rings. The molecule has 3 rings (SSSR count). The molecule has 0 aliphatic carbocycles. The van der Waals surface area contributed by atoms with E-state index in [1.54, 1.807) is 0 Å². The molecule has 0 amide bonds. The first-order valence-corrected chi connectivity index (χ1v) is 6.90. The topological polar surface area (TPSA) is 28.7 Å². The van der Waals surface area contributed by atoms with Crippen molar-refractivity contribution in [2.45, 2.75) is 6.92 Å². The first kappa shape index (κ1) is 12.2. The Bertz CT molecular complexity index is 699. The second-order valence-electron chi connectivity index (χ2n) is 4.54. The SMILES string of the molecule is Cc1ccc(-c2cc(-c3cccc(Br)c3)n[nH]2)cc1. The average molecular weight is 313 g/mol. The Morgan fingerprint density at radius 1 is 0.947 bits per heavy atom. The summed E-state index contributed by atoms with van der Waals surface area (Å²) >= 11 is 3.48. The third-order valence-corrected chi connectivity index (χ3v) is 3.55. The molecule has 0 radical (unpaired) electrons. The predicted molar refractivity (Wildman–Crippen MR) is 81.9 cm³/mol. The van der Waals surface area contributed by atoms with Gasteiger partial charge < -0.3 is 0 Å². The number of aromatic nitrogens is 2. The zero-order valence-electron chi connectivity index (χ0n) is 10.5. The van der Waals surface area contributed by atoms with Gasteiger partial charge in [-0.25, -0.2) is 0 Å². The Morgan fingerprint density at radius 3 is 2.47 bits per heavy atom. The number of rotatable bonds is 2. The van der Waals surface area contributed by atoms with Crippen LogP contribution in [0, 0.1) is 6.92 Å². The molecule has 0 fully saturated rings. The van der Waals surface area contributed by atoms with Crippen LogP contribution in [-0.4, -0.2) is 10.2 Å². The number of aromatic amines is 1. The third kappa shape index (κ3) is 2.61.